The van der Waals surface area contributed by atoms with E-state index >= 15 is 0 Å². The van der Waals surface area contributed by atoms with E-state index in [0.717, 1.165) is 24.9 Å². The van der Waals surface area contributed by atoms with Gasteiger partial charge < -0.3 is 20.3 Å². The van der Waals surface area contributed by atoms with Gasteiger partial charge in [0.1, 0.15) is 6.10 Å². The first kappa shape index (κ1) is 30.9. The number of hydrogen-bond donors (Lipinski definition) is 2. The van der Waals surface area contributed by atoms with Gasteiger partial charge in [-0.2, -0.15) is 0 Å². The molecule has 0 bridgehead atoms. The number of likely N-dealkylation sites (tertiary alicyclic amines) is 1. The van der Waals surface area contributed by atoms with Crippen LogP contribution in [0.5, 0.6) is 0 Å². The van der Waals surface area contributed by atoms with Crippen molar-refractivity contribution in [3.05, 3.63) is 143 Å². The predicted molar refractivity (Wildman–Crippen MR) is 159 cm³/mol. The second-order valence-corrected chi connectivity index (χ2v) is 10.1. The summed E-state index contributed by atoms with van der Waals surface area (Å²) in [6.07, 6.45) is 0.263. The minimum Gasteiger partial charge on any atom is -0.625 e. The van der Waals surface area contributed by atoms with Crippen molar-refractivity contribution in [2.75, 3.05) is 6.54 Å². The van der Waals surface area contributed by atoms with Gasteiger partial charge in [0.2, 0.25) is 0 Å². The molecule has 5 rings (SSSR count). The van der Waals surface area contributed by atoms with Gasteiger partial charge in [-0.3, -0.25) is 9.89 Å². The number of aliphatic hydroxyl groups excluding tert-OH is 1. The molecule has 0 spiro atoms. The van der Waals surface area contributed by atoms with Gasteiger partial charge in [0.05, 0.1) is 17.7 Å². The average Bonchev–Trinajstić information content (AvgIpc) is 3.47. The molecule has 0 aliphatic carbocycles. The minimum atomic E-state index is -1.48. The molecule has 2 N–H and O–H groups in total. The number of hydrogen-bond acceptors (Lipinski definition) is 5. The number of carbonyl (C=O) groups excluding carboxylic acids is 1. The Labute approximate surface area is 255 Å². The number of nitrogens with zero attached hydrogens (tertiary/aromatic N) is 3. The van der Waals surface area contributed by atoms with E-state index in [2.05, 4.69) is 27.3 Å². The second kappa shape index (κ2) is 14.7. The third kappa shape index (κ3) is 7.40. The molecule has 0 unspecified atom stereocenters. The summed E-state index contributed by atoms with van der Waals surface area (Å²) in [6, 6.07) is 33.1. The molecular formula is C34H32N3NiO4-. The van der Waals surface area contributed by atoms with E-state index in [4.69, 9.17) is 0 Å². The molecule has 1 aliphatic heterocycles. The molecule has 8 heteroatoms. The number of rotatable bonds is 10. The van der Waals surface area contributed by atoms with Crippen molar-refractivity contribution in [3.63, 3.8) is 0 Å². The Kier molecular flexibility index (Phi) is 10.8. The first-order valence-electron chi connectivity index (χ1n) is 13.7. The van der Waals surface area contributed by atoms with Crippen LogP contribution in [0.1, 0.15) is 41.2 Å². The van der Waals surface area contributed by atoms with Crippen LogP contribution in [-0.4, -0.2) is 51.3 Å². The predicted octanol–water partition coefficient (Wildman–Crippen LogP) is 5.90. The largest absolute Gasteiger partial charge is 0.625 e. The fourth-order valence-corrected chi connectivity index (χ4v) is 5.21. The van der Waals surface area contributed by atoms with Crippen LogP contribution < -0.4 is 0 Å². The van der Waals surface area contributed by atoms with Gasteiger partial charge in [0.25, 0.3) is 0 Å². The third-order valence-corrected chi connectivity index (χ3v) is 7.28. The van der Waals surface area contributed by atoms with Crippen molar-refractivity contribution in [2.45, 2.75) is 37.6 Å². The molecule has 3 atom stereocenters. The van der Waals surface area contributed by atoms with Gasteiger partial charge in [-0.1, -0.05) is 115 Å². The number of amides is 1. The van der Waals surface area contributed by atoms with Crippen LogP contribution >= 0.6 is 0 Å². The van der Waals surface area contributed by atoms with Crippen molar-refractivity contribution >= 4 is 23.3 Å². The third-order valence-electron chi connectivity index (χ3n) is 7.28. The van der Waals surface area contributed by atoms with Crippen molar-refractivity contribution < 1.29 is 36.3 Å². The van der Waals surface area contributed by atoms with Crippen LogP contribution in [0.4, 0.5) is 5.69 Å². The minimum absolute atomic E-state index is 0. The molecule has 4 aromatic carbocycles. The Hall–Kier alpha value is -4.10. The molecule has 7 nitrogen and oxygen atoms in total. The zero-order valence-corrected chi connectivity index (χ0v) is 23.9. The number of para-hydroxylation sites is 1. The van der Waals surface area contributed by atoms with Gasteiger partial charge >= 0.3 is 5.97 Å². The van der Waals surface area contributed by atoms with Crippen molar-refractivity contribution in [2.24, 2.45) is 4.99 Å². The summed E-state index contributed by atoms with van der Waals surface area (Å²) >= 11 is 0. The molecule has 1 aliphatic rings. The zero-order chi connectivity index (χ0) is 28.6. The Morgan fingerprint density at radius 3 is 2.12 bits per heavy atom. The summed E-state index contributed by atoms with van der Waals surface area (Å²) in [5.74, 6) is -1.50. The monoisotopic (exact) mass is 604 g/mol. The number of benzene rings is 4. The number of aliphatic carboxylic acids is 1. The van der Waals surface area contributed by atoms with Crippen LogP contribution in [0.15, 0.2) is 120 Å². The smallest absolute Gasteiger partial charge is 0.331 e. The van der Waals surface area contributed by atoms with Crippen molar-refractivity contribution in [3.8, 4) is 0 Å². The summed E-state index contributed by atoms with van der Waals surface area (Å²) < 4.78 is 0. The van der Waals surface area contributed by atoms with Gasteiger partial charge in [-0.15, -0.1) is 5.69 Å². The van der Waals surface area contributed by atoms with Gasteiger partial charge in [0.15, 0.2) is 6.04 Å². The van der Waals surface area contributed by atoms with E-state index in [9.17, 15) is 19.8 Å². The number of aliphatic hydroxyl groups is 1. The average molecular weight is 605 g/mol. The first-order valence-corrected chi connectivity index (χ1v) is 13.7. The van der Waals surface area contributed by atoms with E-state index in [-0.39, 0.29) is 28.4 Å². The fraction of sp³-hybridized carbons (Fsp3) is 0.206. The van der Waals surface area contributed by atoms with Crippen LogP contribution in [-0.2, 0) is 32.6 Å². The zero-order valence-electron chi connectivity index (χ0n) is 22.9. The Morgan fingerprint density at radius 1 is 0.857 bits per heavy atom. The molecule has 0 radical (unpaired) electrons. The number of carboxylic acids is 1. The van der Waals surface area contributed by atoms with E-state index in [1.165, 1.54) is 0 Å². The summed E-state index contributed by atoms with van der Waals surface area (Å²) in [5.41, 5.74) is 3.51. The molecule has 1 fully saturated rings. The van der Waals surface area contributed by atoms with Crippen LogP contribution in [0.2, 0.25) is 0 Å². The van der Waals surface area contributed by atoms with Gasteiger partial charge in [-0.25, -0.2) is 4.79 Å². The molecule has 1 saturated heterocycles. The Balaban J connectivity index is 0.00000405. The van der Waals surface area contributed by atoms with E-state index in [0.29, 0.717) is 34.6 Å². The second-order valence-electron chi connectivity index (χ2n) is 10.1. The number of aliphatic imine (C=N–C) groups is 1. The van der Waals surface area contributed by atoms with Crippen molar-refractivity contribution in [1.29, 1.82) is 0 Å². The molecule has 0 aromatic heterocycles. The standard InChI is InChI=1S/C34H33N3O4.Ni/c38-32(26-17-8-3-9-18-26)31(34(40)41)36-30(25-15-6-2-7-16-25)27-19-10-11-20-28(27)35-33(39)29-21-12-22-37(29)23-24-13-4-1-5-14-24;/h1-11,13-20,29,31-32,38H,12,21-23H2,(H2,35,36,39,40,41);/p-1/t29-,31+,32-;/m0./s1. The van der Waals surface area contributed by atoms with Crippen LogP contribution in [0.3, 0.4) is 0 Å². The van der Waals surface area contributed by atoms with E-state index < -0.39 is 18.1 Å². The molecule has 0 saturated carbocycles. The molecule has 218 valence electrons. The number of carbonyl (C=O) groups is 2. The summed E-state index contributed by atoms with van der Waals surface area (Å²) in [6.45, 7) is 1.49. The molecule has 1 amide bonds. The summed E-state index contributed by atoms with van der Waals surface area (Å²) in [5, 5.41) is 25.7. The van der Waals surface area contributed by atoms with Crippen LogP contribution in [0, 0.1) is 0 Å². The summed E-state index contributed by atoms with van der Waals surface area (Å²) in [7, 11) is 0. The first-order chi connectivity index (χ1) is 20.0. The maximum Gasteiger partial charge on any atom is 0.331 e. The molecule has 1 heterocycles. The maximum absolute atomic E-state index is 13.6. The van der Waals surface area contributed by atoms with Gasteiger partial charge in [-0.05, 0) is 36.1 Å². The molecule has 42 heavy (non-hydrogen) atoms. The Bertz CT molecular complexity index is 1500. The molecule has 4 aromatic rings. The van der Waals surface area contributed by atoms with Gasteiger partial charge in [0, 0.05) is 28.6 Å². The number of carboxylic acid groups (broad SMARTS) is 1. The summed E-state index contributed by atoms with van der Waals surface area (Å²) in [4.78, 5) is 32.7. The van der Waals surface area contributed by atoms with Crippen molar-refractivity contribution in [1.82, 2.24) is 4.90 Å². The van der Waals surface area contributed by atoms with E-state index in [1.807, 2.05) is 48.5 Å². The normalized spacial score (nSPS) is 16.7. The molecular weight excluding hydrogens is 573 g/mol. The fourth-order valence-electron chi connectivity index (χ4n) is 5.21. The quantitative estimate of drug-likeness (QED) is 0.173. The topological polar surface area (TPSA) is 104 Å². The Morgan fingerprint density at radius 2 is 1.45 bits per heavy atom. The van der Waals surface area contributed by atoms with E-state index in [1.54, 1.807) is 54.6 Å². The SMILES string of the molecule is O=C(O)[C@H](N=C(c1ccccc1)c1ccccc1[N-]C(=O)[C@@H]1CCCN1Cc1ccccc1)[C@@H](O)c1ccccc1.[Ni]. The maximum atomic E-state index is 13.6. The van der Waals surface area contributed by atoms with Crippen LogP contribution in [0.25, 0.3) is 5.32 Å².